The molecule has 1 aliphatic heterocycles. The Morgan fingerprint density at radius 3 is 3.00 bits per heavy atom. The third-order valence-electron chi connectivity index (χ3n) is 5.18. The van der Waals surface area contributed by atoms with E-state index in [0.717, 1.165) is 54.1 Å². The highest BCUT2D eigenvalue weighted by Crippen LogP contribution is 2.24. The standard InChI is InChI=1S/C19H23N5O/c1-12-13(2)21-18-14(12)7-6-8-15(18)19(25)20-11-17-23-22-16-9-4-3-5-10-24(16)17/h6-8,21H,3-5,9-11H2,1-2H3,(H,20,25). The van der Waals surface area contributed by atoms with E-state index in [9.17, 15) is 4.79 Å². The molecule has 0 spiro atoms. The van der Waals surface area contributed by atoms with Crippen molar-refractivity contribution in [1.29, 1.82) is 0 Å². The molecule has 0 fully saturated rings. The third-order valence-corrected chi connectivity index (χ3v) is 5.18. The number of nitrogens with zero attached hydrogens (tertiary/aromatic N) is 3. The van der Waals surface area contributed by atoms with Gasteiger partial charge in [-0.25, -0.2) is 0 Å². The second-order valence-electron chi connectivity index (χ2n) is 6.78. The van der Waals surface area contributed by atoms with E-state index in [1.807, 2.05) is 25.1 Å². The van der Waals surface area contributed by atoms with E-state index in [0.29, 0.717) is 12.1 Å². The lowest BCUT2D eigenvalue weighted by Crippen LogP contribution is -2.25. The second-order valence-corrected chi connectivity index (χ2v) is 6.78. The van der Waals surface area contributed by atoms with Crippen LogP contribution < -0.4 is 5.32 Å². The molecular weight excluding hydrogens is 314 g/mol. The Bertz CT molecular complexity index is 937. The van der Waals surface area contributed by atoms with E-state index in [4.69, 9.17) is 0 Å². The zero-order valence-electron chi connectivity index (χ0n) is 14.7. The van der Waals surface area contributed by atoms with Crippen molar-refractivity contribution in [2.75, 3.05) is 0 Å². The molecular formula is C19H23N5O. The van der Waals surface area contributed by atoms with Crippen LogP contribution in [0.5, 0.6) is 0 Å². The average Bonchev–Trinajstić information content (AvgIpc) is 3.03. The van der Waals surface area contributed by atoms with Crippen LogP contribution in [0.4, 0.5) is 0 Å². The number of H-pyrrole nitrogens is 1. The Kier molecular flexibility index (Phi) is 4.03. The van der Waals surface area contributed by atoms with Gasteiger partial charge in [-0.15, -0.1) is 10.2 Å². The highest BCUT2D eigenvalue weighted by molar-refractivity contribution is 6.06. The summed E-state index contributed by atoms with van der Waals surface area (Å²) in [5, 5.41) is 12.7. The van der Waals surface area contributed by atoms with E-state index in [2.05, 4.69) is 32.0 Å². The third kappa shape index (κ3) is 2.81. The number of fused-ring (bicyclic) bond motifs is 2. The SMILES string of the molecule is Cc1[nH]c2c(C(=O)NCc3nnc4n3CCCCC4)cccc2c1C. The number of benzene rings is 1. The van der Waals surface area contributed by atoms with Gasteiger partial charge in [0.15, 0.2) is 5.82 Å². The molecule has 3 aromatic rings. The predicted molar refractivity (Wildman–Crippen MR) is 96.5 cm³/mol. The van der Waals surface area contributed by atoms with E-state index in [1.165, 1.54) is 12.0 Å². The normalized spacial score (nSPS) is 14.3. The number of amides is 1. The van der Waals surface area contributed by atoms with Crippen LogP contribution in [0.3, 0.4) is 0 Å². The molecule has 1 aliphatic rings. The van der Waals surface area contributed by atoms with E-state index < -0.39 is 0 Å². The number of rotatable bonds is 3. The molecule has 1 amide bonds. The lowest BCUT2D eigenvalue weighted by Gasteiger charge is -2.09. The van der Waals surface area contributed by atoms with Gasteiger partial charge in [-0.3, -0.25) is 4.79 Å². The summed E-state index contributed by atoms with van der Waals surface area (Å²) in [6, 6.07) is 5.83. The minimum Gasteiger partial charge on any atom is -0.358 e. The van der Waals surface area contributed by atoms with Crippen LogP contribution in [0.15, 0.2) is 18.2 Å². The first-order chi connectivity index (χ1) is 12.1. The van der Waals surface area contributed by atoms with Crippen molar-refractivity contribution in [3.8, 4) is 0 Å². The summed E-state index contributed by atoms with van der Waals surface area (Å²) < 4.78 is 2.16. The summed E-state index contributed by atoms with van der Waals surface area (Å²) >= 11 is 0. The van der Waals surface area contributed by atoms with E-state index in [-0.39, 0.29) is 5.91 Å². The van der Waals surface area contributed by atoms with Crippen molar-refractivity contribution in [2.45, 2.75) is 52.6 Å². The summed E-state index contributed by atoms with van der Waals surface area (Å²) in [6.07, 6.45) is 4.51. The zero-order valence-corrected chi connectivity index (χ0v) is 14.7. The van der Waals surface area contributed by atoms with Gasteiger partial charge in [0, 0.05) is 24.0 Å². The monoisotopic (exact) mass is 337 g/mol. The van der Waals surface area contributed by atoms with E-state index >= 15 is 0 Å². The van der Waals surface area contributed by atoms with Crippen LogP contribution in [0.1, 0.15) is 52.5 Å². The van der Waals surface area contributed by atoms with Gasteiger partial charge < -0.3 is 14.9 Å². The Hall–Kier alpha value is -2.63. The van der Waals surface area contributed by atoms with Crippen LogP contribution in [-0.2, 0) is 19.5 Å². The zero-order chi connectivity index (χ0) is 17.4. The lowest BCUT2D eigenvalue weighted by atomic mass is 10.1. The molecule has 2 aromatic heterocycles. The topological polar surface area (TPSA) is 75.6 Å². The van der Waals surface area contributed by atoms with Crippen LogP contribution >= 0.6 is 0 Å². The number of carbonyl (C=O) groups excluding carboxylic acids is 1. The fourth-order valence-electron chi connectivity index (χ4n) is 3.60. The molecule has 0 saturated heterocycles. The van der Waals surface area contributed by atoms with Gasteiger partial charge in [0.2, 0.25) is 0 Å². The first-order valence-corrected chi connectivity index (χ1v) is 8.92. The number of hydrogen-bond donors (Lipinski definition) is 2. The van der Waals surface area contributed by atoms with Gasteiger partial charge in [0.05, 0.1) is 17.6 Å². The maximum Gasteiger partial charge on any atom is 0.253 e. The largest absolute Gasteiger partial charge is 0.358 e. The molecule has 6 nitrogen and oxygen atoms in total. The van der Waals surface area contributed by atoms with Gasteiger partial charge >= 0.3 is 0 Å². The van der Waals surface area contributed by atoms with Gasteiger partial charge in [-0.1, -0.05) is 18.6 Å². The smallest absolute Gasteiger partial charge is 0.253 e. The Labute approximate surface area is 146 Å². The molecule has 0 unspecified atom stereocenters. The highest BCUT2D eigenvalue weighted by Gasteiger charge is 2.17. The Morgan fingerprint density at radius 2 is 2.12 bits per heavy atom. The van der Waals surface area contributed by atoms with Gasteiger partial charge in [0.25, 0.3) is 5.91 Å². The fourth-order valence-corrected chi connectivity index (χ4v) is 3.60. The molecule has 0 saturated carbocycles. The first kappa shape index (κ1) is 15.9. The maximum atomic E-state index is 12.7. The number of para-hydroxylation sites is 1. The number of aromatic amines is 1. The number of nitrogens with one attached hydrogen (secondary N) is 2. The molecule has 6 heteroatoms. The Balaban J connectivity index is 1.56. The minimum atomic E-state index is -0.0854. The molecule has 25 heavy (non-hydrogen) atoms. The summed E-state index contributed by atoms with van der Waals surface area (Å²) in [7, 11) is 0. The quantitative estimate of drug-likeness (QED) is 0.771. The maximum absolute atomic E-state index is 12.7. The van der Waals surface area contributed by atoms with Gasteiger partial charge in [0.1, 0.15) is 5.82 Å². The molecule has 1 aromatic carbocycles. The Morgan fingerprint density at radius 1 is 1.24 bits per heavy atom. The van der Waals surface area contributed by atoms with Crippen LogP contribution in [0.25, 0.3) is 10.9 Å². The van der Waals surface area contributed by atoms with Gasteiger partial charge in [-0.05, 0) is 38.3 Å². The number of aryl methyl sites for hydroxylation is 3. The van der Waals surface area contributed by atoms with Crippen molar-refractivity contribution < 1.29 is 4.79 Å². The summed E-state index contributed by atoms with van der Waals surface area (Å²) in [5.41, 5.74) is 3.85. The molecule has 130 valence electrons. The van der Waals surface area contributed by atoms with Crippen LogP contribution in [0.2, 0.25) is 0 Å². The van der Waals surface area contributed by atoms with E-state index in [1.54, 1.807) is 0 Å². The number of carbonyl (C=O) groups is 1. The number of aromatic nitrogens is 4. The van der Waals surface area contributed by atoms with Gasteiger partial charge in [-0.2, -0.15) is 0 Å². The first-order valence-electron chi connectivity index (χ1n) is 8.92. The second kappa shape index (κ2) is 6.35. The van der Waals surface area contributed by atoms with Crippen molar-refractivity contribution in [2.24, 2.45) is 0 Å². The summed E-state index contributed by atoms with van der Waals surface area (Å²) in [4.78, 5) is 16.1. The predicted octanol–water partition coefficient (Wildman–Crippen LogP) is 3.03. The molecule has 2 N–H and O–H groups in total. The van der Waals surface area contributed by atoms with Crippen molar-refractivity contribution >= 4 is 16.8 Å². The summed E-state index contributed by atoms with van der Waals surface area (Å²) in [6.45, 7) is 5.45. The van der Waals surface area contributed by atoms with Crippen LogP contribution in [0, 0.1) is 13.8 Å². The fraction of sp³-hybridized carbons (Fsp3) is 0.421. The highest BCUT2D eigenvalue weighted by atomic mass is 16.1. The molecule has 4 rings (SSSR count). The summed E-state index contributed by atoms with van der Waals surface area (Å²) in [5.74, 6) is 1.80. The lowest BCUT2D eigenvalue weighted by molar-refractivity contribution is 0.0951. The molecule has 0 radical (unpaired) electrons. The van der Waals surface area contributed by atoms with Crippen molar-refractivity contribution in [3.63, 3.8) is 0 Å². The molecule has 0 aliphatic carbocycles. The average molecular weight is 337 g/mol. The number of hydrogen-bond acceptors (Lipinski definition) is 3. The minimum absolute atomic E-state index is 0.0854. The van der Waals surface area contributed by atoms with Crippen molar-refractivity contribution in [3.05, 3.63) is 46.7 Å². The van der Waals surface area contributed by atoms with Crippen molar-refractivity contribution in [1.82, 2.24) is 25.1 Å². The molecule has 0 bridgehead atoms. The molecule has 0 atom stereocenters. The molecule has 3 heterocycles. The van der Waals surface area contributed by atoms with Crippen LogP contribution in [-0.4, -0.2) is 25.7 Å².